The number of benzene rings is 1. The Morgan fingerprint density at radius 3 is 2.71 bits per heavy atom. The molecule has 74 valence electrons. The lowest BCUT2D eigenvalue weighted by atomic mass is 10.2. The van der Waals surface area contributed by atoms with Crippen LogP contribution in [0.4, 0.5) is 5.69 Å². The normalized spacial score (nSPS) is 15.3. The van der Waals surface area contributed by atoms with Crippen molar-refractivity contribution in [1.29, 1.82) is 0 Å². The third-order valence-corrected chi connectivity index (χ3v) is 2.23. The summed E-state index contributed by atoms with van der Waals surface area (Å²) in [5.41, 5.74) is 7.69. The molecule has 2 N–H and O–H groups in total. The van der Waals surface area contributed by atoms with Crippen molar-refractivity contribution in [3.8, 4) is 0 Å². The van der Waals surface area contributed by atoms with Crippen molar-refractivity contribution < 1.29 is 4.74 Å². The number of nitrogen functional groups attached to an aromatic ring is 1. The zero-order valence-corrected chi connectivity index (χ0v) is 8.02. The summed E-state index contributed by atoms with van der Waals surface area (Å²) < 4.78 is 5.11. The SMILES string of the molecule is Nc1ccc(CN2C=COCC2)cc1. The molecule has 0 atom stereocenters. The molecule has 0 unspecified atom stereocenters. The molecule has 1 aromatic carbocycles. The molecule has 2 rings (SSSR count). The first-order valence-corrected chi connectivity index (χ1v) is 4.71. The number of rotatable bonds is 2. The van der Waals surface area contributed by atoms with Gasteiger partial charge in [0.15, 0.2) is 0 Å². The Bertz CT molecular complexity index is 319. The molecule has 0 radical (unpaired) electrons. The van der Waals surface area contributed by atoms with Gasteiger partial charge in [0.2, 0.25) is 0 Å². The van der Waals surface area contributed by atoms with Crippen LogP contribution in [-0.4, -0.2) is 18.1 Å². The number of anilines is 1. The minimum Gasteiger partial charge on any atom is -0.498 e. The second-order valence-corrected chi connectivity index (χ2v) is 3.37. The van der Waals surface area contributed by atoms with Crippen molar-refractivity contribution in [2.24, 2.45) is 0 Å². The van der Waals surface area contributed by atoms with Gasteiger partial charge in [0.1, 0.15) is 6.61 Å². The molecule has 0 fully saturated rings. The summed E-state index contributed by atoms with van der Waals surface area (Å²) in [7, 11) is 0. The molecule has 0 aliphatic carbocycles. The number of nitrogens with two attached hydrogens (primary N) is 1. The zero-order chi connectivity index (χ0) is 9.80. The molecular weight excluding hydrogens is 176 g/mol. The lowest BCUT2D eigenvalue weighted by Gasteiger charge is -2.23. The molecule has 3 heteroatoms. The maximum atomic E-state index is 5.61. The van der Waals surface area contributed by atoms with Crippen molar-refractivity contribution >= 4 is 5.69 Å². The van der Waals surface area contributed by atoms with E-state index in [0.717, 1.165) is 25.4 Å². The summed E-state index contributed by atoms with van der Waals surface area (Å²) in [5.74, 6) is 0. The van der Waals surface area contributed by atoms with E-state index in [4.69, 9.17) is 10.5 Å². The van der Waals surface area contributed by atoms with E-state index in [2.05, 4.69) is 17.0 Å². The van der Waals surface area contributed by atoms with Crippen LogP contribution in [0, 0.1) is 0 Å². The monoisotopic (exact) mass is 190 g/mol. The minimum absolute atomic E-state index is 0.769. The molecule has 14 heavy (non-hydrogen) atoms. The molecule has 0 aromatic heterocycles. The summed E-state index contributed by atoms with van der Waals surface area (Å²) in [4.78, 5) is 2.22. The lowest BCUT2D eigenvalue weighted by Crippen LogP contribution is -2.24. The molecule has 1 aromatic rings. The second-order valence-electron chi connectivity index (χ2n) is 3.37. The van der Waals surface area contributed by atoms with Crippen LogP contribution in [0.25, 0.3) is 0 Å². The lowest BCUT2D eigenvalue weighted by molar-refractivity contribution is 0.169. The van der Waals surface area contributed by atoms with Crippen LogP contribution in [0.15, 0.2) is 36.7 Å². The predicted octanol–water partition coefficient (Wildman–Crippen LogP) is 1.57. The van der Waals surface area contributed by atoms with Crippen LogP contribution >= 0.6 is 0 Å². The molecule has 0 amide bonds. The number of hydrogen-bond donors (Lipinski definition) is 1. The number of ether oxygens (including phenoxy) is 1. The Morgan fingerprint density at radius 2 is 2.07 bits per heavy atom. The van der Waals surface area contributed by atoms with Gasteiger partial charge in [-0.2, -0.15) is 0 Å². The summed E-state index contributed by atoms with van der Waals surface area (Å²) in [6.07, 6.45) is 3.71. The van der Waals surface area contributed by atoms with Gasteiger partial charge in [-0.05, 0) is 17.7 Å². The van der Waals surface area contributed by atoms with E-state index in [0.29, 0.717) is 0 Å². The Kier molecular flexibility index (Phi) is 2.58. The van der Waals surface area contributed by atoms with Gasteiger partial charge < -0.3 is 15.4 Å². The smallest absolute Gasteiger partial charge is 0.105 e. The fourth-order valence-corrected chi connectivity index (χ4v) is 1.43. The van der Waals surface area contributed by atoms with Gasteiger partial charge in [-0.25, -0.2) is 0 Å². The van der Waals surface area contributed by atoms with E-state index in [9.17, 15) is 0 Å². The summed E-state index contributed by atoms with van der Waals surface area (Å²) >= 11 is 0. The van der Waals surface area contributed by atoms with Crippen molar-refractivity contribution in [3.05, 3.63) is 42.3 Å². The average molecular weight is 190 g/mol. The average Bonchev–Trinajstić information content (AvgIpc) is 2.23. The number of hydrogen-bond acceptors (Lipinski definition) is 3. The van der Waals surface area contributed by atoms with Crippen LogP contribution in [0.2, 0.25) is 0 Å². The Hall–Kier alpha value is -1.64. The first kappa shape index (κ1) is 8.94. The van der Waals surface area contributed by atoms with Crippen molar-refractivity contribution in [2.45, 2.75) is 6.54 Å². The minimum atomic E-state index is 0.769. The van der Waals surface area contributed by atoms with Crippen LogP contribution in [0.3, 0.4) is 0 Å². The highest BCUT2D eigenvalue weighted by Gasteiger charge is 2.04. The van der Waals surface area contributed by atoms with Crippen LogP contribution in [0.5, 0.6) is 0 Å². The van der Waals surface area contributed by atoms with Gasteiger partial charge in [-0.15, -0.1) is 0 Å². The Balaban J connectivity index is 1.99. The molecule has 1 heterocycles. The highest BCUT2D eigenvalue weighted by Crippen LogP contribution is 2.10. The van der Waals surface area contributed by atoms with Crippen LogP contribution in [-0.2, 0) is 11.3 Å². The summed E-state index contributed by atoms with van der Waals surface area (Å²) in [6.45, 7) is 2.63. The maximum absolute atomic E-state index is 5.61. The Morgan fingerprint density at radius 1 is 1.29 bits per heavy atom. The van der Waals surface area contributed by atoms with E-state index in [1.807, 2.05) is 18.3 Å². The van der Waals surface area contributed by atoms with Gasteiger partial charge in [0.25, 0.3) is 0 Å². The quantitative estimate of drug-likeness (QED) is 0.719. The molecule has 0 saturated carbocycles. The van der Waals surface area contributed by atoms with E-state index in [1.54, 1.807) is 6.26 Å². The van der Waals surface area contributed by atoms with Gasteiger partial charge >= 0.3 is 0 Å². The van der Waals surface area contributed by atoms with E-state index in [1.165, 1.54) is 5.56 Å². The molecule has 1 aliphatic rings. The Labute approximate surface area is 83.8 Å². The fourth-order valence-electron chi connectivity index (χ4n) is 1.43. The molecule has 1 aliphatic heterocycles. The number of nitrogens with zero attached hydrogens (tertiary/aromatic N) is 1. The molecule has 0 bridgehead atoms. The summed E-state index contributed by atoms with van der Waals surface area (Å²) in [6, 6.07) is 7.97. The molecule has 0 saturated heterocycles. The zero-order valence-electron chi connectivity index (χ0n) is 8.02. The van der Waals surface area contributed by atoms with Gasteiger partial charge in [0, 0.05) is 18.4 Å². The van der Waals surface area contributed by atoms with Gasteiger partial charge in [-0.1, -0.05) is 12.1 Å². The first-order chi connectivity index (χ1) is 6.84. The summed E-state index contributed by atoms with van der Waals surface area (Å²) in [5, 5.41) is 0. The highest BCUT2D eigenvalue weighted by molar-refractivity contribution is 5.39. The standard InChI is InChI=1S/C11H14N2O/c12-11-3-1-10(2-4-11)9-13-5-7-14-8-6-13/h1-5,7H,6,8-9,12H2. The molecule has 3 nitrogen and oxygen atoms in total. The van der Waals surface area contributed by atoms with Gasteiger partial charge in [0.05, 0.1) is 12.8 Å². The van der Waals surface area contributed by atoms with Crippen molar-refractivity contribution in [1.82, 2.24) is 4.90 Å². The topological polar surface area (TPSA) is 38.5 Å². The maximum Gasteiger partial charge on any atom is 0.105 e. The van der Waals surface area contributed by atoms with E-state index < -0.39 is 0 Å². The van der Waals surface area contributed by atoms with E-state index >= 15 is 0 Å². The third-order valence-electron chi connectivity index (χ3n) is 2.23. The third kappa shape index (κ3) is 2.19. The van der Waals surface area contributed by atoms with Crippen LogP contribution < -0.4 is 5.73 Å². The van der Waals surface area contributed by atoms with Crippen LogP contribution in [0.1, 0.15) is 5.56 Å². The van der Waals surface area contributed by atoms with Gasteiger partial charge in [-0.3, -0.25) is 0 Å². The first-order valence-electron chi connectivity index (χ1n) is 4.71. The molecular formula is C11H14N2O. The van der Waals surface area contributed by atoms with E-state index in [-0.39, 0.29) is 0 Å². The van der Waals surface area contributed by atoms with Crippen molar-refractivity contribution in [3.63, 3.8) is 0 Å². The predicted molar refractivity (Wildman–Crippen MR) is 56.4 cm³/mol. The largest absolute Gasteiger partial charge is 0.498 e. The second kappa shape index (κ2) is 4.05. The fraction of sp³-hybridized carbons (Fsp3) is 0.273. The molecule has 0 spiro atoms. The van der Waals surface area contributed by atoms with Crippen molar-refractivity contribution in [2.75, 3.05) is 18.9 Å². The highest BCUT2D eigenvalue weighted by atomic mass is 16.5.